The number of rotatable bonds is 2. The Morgan fingerprint density at radius 3 is 2.96 bits per heavy atom. The molecule has 1 N–H and O–H groups in total. The van der Waals surface area contributed by atoms with Gasteiger partial charge in [-0.1, -0.05) is 17.4 Å². The van der Waals surface area contributed by atoms with Gasteiger partial charge in [-0.25, -0.2) is 9.37 Å². The molecule has 2 aromatic carbocycles. The predicted molar refractivity (Wildman–Crippen MR) is 96.1 cm³/mol. The number of hydrogen-bond acceptors (Lipinski definition) is 4. The van der Waals surface area contributed by atoms with E-state index in [0.717, 1.165) is 27.4 Å². The lowest BCUT2D eigenvalue weighted by molar-refractivity contribution is -0.134. The Labute approximate surface area is 147 Å². The third-order valence-corrected chi connectivity index (χ3v) is 5.54. The van der Waals surface area contributed by atoms with Crippen LogP contribution < -0.4 is 5.32 Å². The molecule has 0 unspecified atom stereocenters. The number of thiazole rings is 1. The van der Waals surface area contributed by atoms with E-state index >= 15 is 0 Å². The summed E-state index contributed by atoms with van der Waals surface area (Å²) in [4.78, 5) is 30.2. The van der Waals surface area contributed by atoms with Crippen LogP contribution in [0.25, 0.3) is 21.0 Å². The van der Waals surface area contributed by atoms with Crippen molar-refractivity contribution in [3.63, 3.8) is 0 Å². The Kier molecular flexibility index (Phi) is 3.88. The fourth-order valence-electron chi connectivity index (χ4n) is 3.34. The van der Waals surface area contributed by atoms with Crippen molar-refractivity contribution in [2.45, 2.75) is 25.8 Å². The second-order valence-corrected chi connectivity index (χ2v) is 7.16. The quantitative estimate of drug-likeness (QED) is 0.763. The van der Waals surface area contributed by atoms with Crippen molar-refractivity contribution < 1.29 is 14.0 Å². The highest BCUT2D eigenvalue weighted by Gasteiger charge is 2.32. The second-order valence-electron chi connectivity index (χ2n) is 6.16. The first-order chi connectivity index (χ1) is 12.0. The molecule has 0 bridgehead atoms. The molecule has 1 saturated heterocycles. The highest BCUT2D eigenvalue weighted by atomic mass is 32.1. The van der Waals surface area contributed by atoms with Gasteiger partial charge in [-0.2, -0.15) is 0 Å². The van der Waals surface area contributed by atoms with Crippen molar-refractivity contribution in [3.8, 4) is 0 Å². The minimum atomic E-state index is -0.435. The Morgan fingerprint density at radius 2 is 2.16 bits per heavy atom. The molecule has 4 rings (SSSR count). The fraction of sp³-hybridized carbons (Fsp3) is 0.278. The molecule has 7 heteroatoms. The Bertz CT molecular complexity index is 1000. The van der Waals surface area contributed by atoms with Crippen LogP contribution in [0.3, 0.4) is 0 Å². The lowest BCUT2D eigenvalue weighted by atomic mass is 10.1. The maximum Gasteiger partial charge on any atom is 0.248 e. The Morgan fingerprint density at radius 1 is 1.32 bits per heavy atom. The monoisotopic (exact) mass is 357 g/mol. The summed E-state index contributed by atoms with van der Waals surface area (Å²) in [6, 6.07) is 7.83. The van der Waals surface area contributed by atoms with Crippen molar-refractivity contribution >= 4 is 49.3 Å². The summed E-state index contributed by atoms with van der Waals surface area (Å²) in [7, 11) is 0. The van der Waals surface area contributed by atoms with E-state index in [2.05, 4.69) is 10.3 Å². The van der Waals surface area contributed by atoms with Crippen molar-refractivity contribution in [1.29, 1.82) is 0 Å². The van der Waals surface area contributed by atoms with Crippen LogP contribution in [0.4, 0.5) is 9.52 Å². The molecule has 1 aliphatic heterocycles. The van der Waals surface area contributed by atoms with Crippen LogP contribution in [0.2, 0.25) is 0 Å². The highest BCUT2D eigenvalue weighted by Crippen LogP contribution is 2.33. The van der Waals surface area contributed by atoms with E-state index in [4.69, 9.17) is 0 Å². The lowest BCUT2D eigenvalue weighted by Gasteiger charge is -2.21. The van der Waals surface area contributed by atoms with E-state index in [1.165, 1.54) is 30.4 Å². The summed E-state index contributed by atoms with van der Waals surface area (Å²) in [6.07, 6.45) is 1.49. The van der Waals surface area contributed by atoms with Crippen LogP contribution in [0.15, 0.2) is 30.3 Å². The maximum absolute atomic E-state index is 13.4. The third-order valence-electron chi connectivity index (χ3n) is 4.52. The minimum absolute atomic E-state index is 0.0880. The van der Waals surface area contributed by atoms with Gasteiger partial charge in [0.05, 0.1) is 10.2 Å². The molecular weight excluding hydrogens is 341 g/mol. The van der Waals surface area contributed by atoms with E-state index in [-0.39, 0.29) is 17.6 Å². The van der Waals surface area contributed by atoms with Crippen LogP contribution in [0.5, 0.6) is 0 Å². The van der Waals surface area contributed by atoms with Crippen LogP contribution in [0, 0.1) is 5.82 Å². The SMILES string of the molecule is CC(=O)N1CCC[C@H]1C(=O)Nc1nc2ccc3cc(F)ccc3c2s1. The fourth-order valence-corrected chi connectivity index (χ4v) is 4.35. The topological polar surface area (TPSA) is 62.3 Å². The summed E-state index contributed by atoms with van der Waals surface area (Å²) in [5.41, 5.74) is 0.759. The van der Waals surface area contributed by atoms with Crippen LogP contribution >= 0.6 is 11.3 Å². The van der Waals surface area contributed by atoms with Gasteiger partial charge in [-0.15, -0.1) is 0 Å². The van der Waals surface area contributed by atoms with Gasteiger partial charge in [0.2, 0.25) is 11.8 Å². The zero-order valence-corrected chi connectivity index (χ0v) is 14.4. The molecular formula is C18H16FN3O2S. The minimum Gasteiger partial charge on any atom is -0.331 e. The number of carbonyl (C=O) groups excluding carboxylic acids is 2. The van der Waals surface area contributed by atoms with Crippen LogP contribution in [-0.4, -0.2) is 34.3 Å². The molecule has 25 heavy (non-hydrogen) atoms. The molecule has 1 fully saturated rings. The highest BCUT2D eigenvalue weighted by molar-refractivity contribution is 7.23. The van der Waals surface area contributed by atoms with Gasteiger partial charge in [0.15, 0.2) is 5.13 Å². The van der Waals surface area contributed by atoms with Crippen molar-refractivity contribution in [2.75, 3.05) is 11.9 Å². The number of carbonyl (C=O) groups is 2. The average molecular weight is 357 g/mol. The molecule has 0 radical (unpaired) electrons. The molecule has 1 aromatic heterocycles. The van der Waals surface area contributed by atoms with E-state index in [1.807, 2.05) is 12.1 Å². The molecule has 0 spiro atoms. The number of aromatic nitrogens is 1. The number of nitrogens with zero attached hydrogens (tertiary/aromatic N) is 2. The molecule has 0 aliphatic carbocycles. The number of nitrogens with one attached hydrogen (secondary N) is 1. The van der Waals surface area contributed by atoms with E-state index in [1.54, 1.807) is 11.0 Å². The maximum atomic E-state index is 13.4. The number of likely N-dealkylation sites (tertiary alicyclic amines) is 1. The van der Waals surface area contributed by atoms with Crippen molar-refractivity contribution in [1.82, 2.24) is 9.88 Å². The Hall–Kier alpha value is -2.54. The van der Waals surface area contributed by atoms with Gasteiger partial charge >= 0.3 is 0 Å². The van der Waals surface area contributed by atoms with E-state index in [9.17, 15) is 14.0 Å². The largest absolute Gasteiger partial charge is 0.331 e. The standard InChI is InChI=1S/C18H16FN3O2S/c1-10(23)22-8-2-3-15(22)17(24)21-18-20-14-7-4-11-9-12(19)5-6-13(11)16(14)25-18/h4-7,9,15H,2-3,8H2,1H3,(H,20,21,24)/t15-/m0/s1. The molecule has 2 heterocycles. The smallest absolute Gasteiger partial charge is 0.248 e. The number of benzene rings is 2. The number of hydrogen-bond donors (Lipinski definition) is 1. The van der Waals surface area contributed by atoms with Crippen LogP contribution in [-0.2, 0) is 9.59 Å². The second kappa shape index (κ2) is 6.07. The third kappa shape index (κ3) is 2.84. The molecule has 5 nitrogen and oxygen atoms in total. The first-order valence-electron chi connectivity index (χ1n) is 8.10. The van der Waals surface area contributed by atoms with Gasteiger partial charge in [0.25, 0.3) is 0 Å². The first kappa shape index (κ1) is 16.0. The van der Waals surface area contributed by atoms with E-state index < -0.39 is 6.04 Å². The van der Waals surface area contributed by atoms with Gasteiger partial charge in [-0.05, 0) is 42.5 Å². The summed E-state index contributed by atoms with van der Waals surface area (Å²) in [5.74, 6) is -0.576. The van der Waals surface area contributed by atoms with Gasteiger partial charge < -0.3 is 10.2 Å². The zero-order valence-electron chi connectivity index (χ0n) is 13.6. The summed E-state index contributed by atoms with van der Waals surface area (Å²) in [5, 5.41) is 5.03. The number of amides is 2. The zero-order chi connectivity index (χ0) is 17.6. The molecule has 1 aliphatic rings. The summed E-state index contributed by atoms with van der Waals surface area (Å²) >= 11 is 1.36. The molecule has 3 aromatic rings. The number of anilines is 1. The number of fused-ring (bicyclic) bond motifs is 3. The lowest BCUT2D eigenvalue weighted by Crippen LogP contribution is -2.42. The Balaban J connectivity index is 1.65. The predicted octanol–water partition coefficient (Wildman–Crippen LogP) is 3.54. The van der Waals surface area contributed by atoms with E-state index in [0.29, 0.717) is 18.1 Å². The van der Waals surface area contributed by atoms with Crippen LogP contribution in [0.1, 0.15) is 19.8 Å². The number of halogens is 1. The van der Waals surface area contributed by atoms with Gasteiger partial charge in [0.1, 0.15) is 11.9 Å². The van der Waals surface area contributed by atoms with Gasteiger partial charge in [0, 0.05) is 18.9 Å². The van der Waals surface area contributed by atoms with Crippen molar-refractivity contribution in [2.24, 2.45) is 0 Å². The first-order valence-corrected chi connectivity index (χ1v) is 8.91. The molecule has 2 amide bonds. The molecule has 0 saturated carbocycles. The van der Waals surface area contributed by atoms with Gasteiger partial charge in [-0.3, -0.25) is 9.59 Å². The van der Waals surface area contributed by atoms with Crippen molar-refractivity contribution in [3.05, 3.63) is 36.1 Å². The molecule has 128 valence electrons. The summed E-state index contributed by atoms with van der Waals surface area (Å²) < 4.78 is 14.3. The normalized spacial score (nSPS) is 17.4. The molecule has 1 atom stereocenters. The average Bonchev–Trinajstić information content (AvgIpc) is 3.20. The summed E-state index contributed by atoms with van der Waals surface area (Å²) in [6.45, 7) is 2.10.